The van der Waals surface area contributed by atoms with E-state index in [1.54, 1.807) is 40.7 Å². The van der Waals surface area contributed by atoms with Crippen molar-refractivity contribution in [2.75, 3.05) is 5.75 Å². The summed E-state index contributed by atoms with van der Waals surface area (Å²) < 4.78 is 1.79. The number of H-pyrrole nitrogens is 1. The van der Waals surface area contributed by atoms with Crippen molar-refractivity contribution < 1.29 is 0 Å². The third-order valence-electron chi connectivity index (χ3n) is 5.49. The number of aromatic amines is 1. The molecule has 0 radical (unpaired) electrons. The zero-order valence-corrected chi connectivity index (χ0v) is 19.8. The molecule has 7 heteroatoms. The van der Waals surface area contributed by atoms with Crippen molar-refractivity contribution in [3.63, 3.8) is 0 Å². The molecule has 1 N–H and O–H groups in total. The predicted molar refractivity (Wildman–Crippen MR) is 141 cm³/mol. The Morgan fingerprint density at radius 3 is 2.54 bits per heavy atom. The van der Waals surface area contributed by atoms with Gasteiger partial charge in [-0.1, -0.05) is 49.4 Å². The Bertz CT molecular complexity index is 1630. The second kappa shape index (κ2) is 9.84. The molecule has 0 aliphatic rings. The van der Waals surface area contributed by atoms with Crippen LogP contribution in [0.4, 0.5) is 0 Å². The second-order valence-electron chi connectivity index (χ2n) is 7.77. The van der Waals surface area contributed by atoms with E-state index >= 15 is 0 Å². The normalized spacial score (nSPS) is 11.5. The van der Waals surface area contributed by atoms with Crippen LogP contribution in [0, 0.1) is 11.3 Å². The van der Waals surface area contributed by atoms with Gasteiger partial charge in [-0.3, -0.25) is 4.79 Å². The number of hydrogen-bond donors (Lipinski definition) is 1. The Morgan fingerprint density at radius 2 is 1.80 bits per heavy atom. The van der Waals surface area contributed by atoms with Crippen molar-refractivity contribution in [3.8, 4) is 23.0 Å². The summed E-state index contributed by atoms with van der Waals surface area (Å²) >= 11 is 1.78. The highest BCUT2D eigenvalue weighted by atomic mass is 32.2. The first-order valence-electron chi connectivity index (χ1n) is 11.2. The summed E-state index contributed by atoms with van der Waals surface area (Å²) in [6, 6.07) is 27.3. The summed E-state index contributed by atoms with van der Waals surface area (Å²) in [6.45, 7) is 2.12. The predicted octanol–water partition coefficient (Wildman–Crippen LogP) is 5.95. The summed E-state index contributed by atoms with van der Waals surface area (Å²) in [6.07, 6.45) is 3.61. The third-order valence-corrected chi connectivity index (χ3v) is 6.38. The maximum Gasteiger partial charge on any atom is 0.259 e. The first-order chi connectivity index (χ1) is 17.2. The number of nitrogens with zero attached hydrogens (tertiary/aromatic N) is 4. The molecule has 2 aromatic heterocycles. The number of rotatable bonds is 6. The van der Waals surface area contributed by atoms with Crippen molar-refractivity contribution in [1.82, 2.24) is 19.7 Å². The number of nitriles is 1. The smallest absolute Gasteiger partial charge is 0.259 e. The molecule has 0 aliphatic carbocycles. The molecule has 0 amide bonds. The highest BCUT2D eigenvalue weighted by Gasteiger charge is 2.14. The fraction of sp³-hybridized carbons (Fsp3) is 0.0714. The van der Waals surface area contributed by atoms with E-state index in [0.717, 1.165) is 28.3 Å². The molecule has 3 aromatic carbocycles. The first kappa shape index (κ1) is 22.4. The quantitative estimate of drug-likeness (QED) is 0.242. The minimum absolute atomic E-state index is 0.226. The van der Waals surface area contributed by atoms with Crippen LogP contribution in [0.1, 0.15) is 18.3 Å². The van der Waals surface area contributed by atoms with E-state index in [0.29, 0.717) is 10.9 Å². The first-order valence-corrected chi connectivity index (χ1v) is 12.1. The summed E-state index contributed by atoms with van der Waals surface area (Å²) in [5.74, 6) is 1.22. The number of thioether (sulfide) groups is 1. The Labute approximate surface area is 206 Å². The summed E-state index contributed by atoms with van der Waals surface area (Å²) in [5.41, 5.74) is 3.83. The lowest BCUT2D eigenvalue weighted by Gasteiger charge is -2.04. The Balaban J connectivity index is 1.65. The van der Waals surface area contributed by atoms with Crippen LogP contribution >= 0.6 is 11.8 Å². The van der Waals surface area contributed by atoms with E-state index in [-0.39, 0.29) is 17.0 Å². The Kier molecular flexibility index (Phi) is 6.29. The fourth-order valence-electron chi connectivity index (χ4n) is 3.83. The van der Waals surface area contributed by atoms with Crippen molar-refractivity contribution in [2.24, 2.45) is 0 Å². The van der Waals surface area contributed by atoms with Gasteiger partial charge in [0, 0.05) is 22.2 Å². The minimum Gasteiger partial charge on any atom is -0.305 e. The summed E-state index contributed by atoms with van der Waals surface area (Å²) in [4.78, 5) is 21.1. The molecule has 0 saturated carbocycles. The molecule has 0 atom stereocenters. The molecule has 6 nitrogen and oxygen atoms in total. The fourth-order valence-corrected chi connectivity index (χ4v) is 4.49. The lowest BCUT2D eigenvalue weighted by Crippen LogP contribution is -2.11. The van der Waals surface area contributed by atoms with E-state index < -0.39 is 0 Å². The number of nitrogens with one attached hydrogen (secondary N) is 1. The molecule has 0 fully saturated rings. The zero-order valence-electron chi connectivity index (χ0n) is 19.0. The highest BCUT2D eigenvalue weighted by molar-refractivity contribution is 7.99. The van der Waals surface area contributed by atoms with Crippen LogP contribution in [-0.2, 0) is 0 Å². The van der Waals surface area contributed by atoms with E-state index in [1.807, 2.05) is 54.7 Å². The topological polar surface area (TPSA) is 87.4 Å². The van der Waals surface area contributed by atoms with E-state index in [1.165, 1.54) is 4.90 Å². The van der Waals surface area contributed by atoms with Crippen molar-refractivity contribution in [1.29, 1.82) is 5.26 Å². The summed E-state index contributed by atoms with van der Waals surface area (Å²) in [5, 5.41) is 15.3. The van der Waals surface area contributed by atoms with Crippen LogP contribution in [0.5, 0.6) is 0 Å². The van der Waals surface area contributed by atoms with Gasteiger partial charge in [0.15, 0.2) is 5.82 Å². The number of para-hydroxylation sites is 2. The minimum atomic E-state index is -0.282. The molecule has 0 bridgehead atoms. The molecule has 5 aromatic rings. The van der Waals surface area contributed by atoms with Crippen LogP contribution in [0.15, 0.2) is 94.7 Å². The van der Waals surface area contributed by atoms with Crippen molar-refractivity contribution in [3.05, 3.63) is 107 Å². The molecule has 0 unspecified atom stereocenters. The molecule has 170 valence electrons. The summed E-state index contributed by atoms with van der Waals surface area (Å²) in [7, 11) is 0. The standard InChI is InChI=1S/C28H21N5OS/c1-2-35-23-14-12-19(13-15-23)26-21(18-33(32-26)22-8-4-3-5-9-22)16-20(17-29)27-30-25-11-7-6-10-24(25)28(34)31-27/h3-16,18H,2H2,1H3,(H,30,31,34)/b20-16+. The largest absolute Gasteiger partial charge is 0.305 e. The molecule has 5 rings (SSSR count). The zero-order chi connectivity index (χ0) is 24.2. The van der Waals surface area contributed by atoms with Crippen LogP contribution in [0.3, 0.4) is 0 Å². The van der Waals surface area contributed by atoms with Gasteiger partial charge >= 0.3 is 0 Å². The highest BCUT2D eigenvalue weighted by Crippen LogP contribution is 2.29. The number of fused-ring (bicyclic) bond motifs is 1. The molecule has 35 heavy (non-hydrogen) atoms. The van der Waals surface area contributed by atoms with Gasteiger partial charge in [0.25, 0.3) is 5.56 Å². The van der Waals surface area contributed by atoms with Gasteiger partial charge in [-0.05, 0) is 48.2 Å². The number of aromatic nitrogens is 4. The monoisotopic (exact) mass is 475 g/mol. The number of allylic oxidation sites excluding steroid dienone is 1. The third kappa shape index (κ3) is 4.65. The molecule has 0 spiro atoms. The maximum atomic E-state index is 12.6. The number of hydrogen-bond acceptors (Lipinski definition) is 5. The van der Waals surface area contributed by atoms with Gasteiger partial charge in [-0.25, -0.2) is 9.67 Å². The van der Waals surface area contributed by atoms with Gasteiger partial charge in [0.2, 0.25) is 0 Å². The van der Waals surface area contributed by atoms with Crippen LogP contribution in [0.25, 0.3) is 39.5 Å². The maximum absolute atomic E-state index is 12.6. The Morgan fingerprint density at radius 1 is 1.06 bits per heavy atom. The van der Waals surface area contributed by atoms with E-state index in [4.69, 9.17) is 5.10 Å². The van der Waals surface area contributed by atoms with Crippen molar-refractivity contribution in [2.45, 2.75) is 11.8 Å². The average Bonchev–Trinajstić information content (AvgIpc) is 3.32. The lowest BCUT2D eigenvalue weighted by molar-refractivity contribution is 0.884. The van der Waals surface area contributed by atoms with Crippen LogP contribution in [0.2, 0.25) is 0 Å². The van der Waals surface area contributed by atoms with Crippen LogP contribution in [-0.4, -0.2) is 25.5 Å². The molecule has 0 aliphatic heterocycles. The van der Waals surface area contributed by atoms with Gasteiger partial charge in [0.1, 0.15) is 6.07 Å². The second-order valence-corrected chi connectivity index (χ2v) is 9.11. The number of benzene rings is 3. The lowest BCUT2D eigenvalue weighted by atomic mass is 10.1. The molecule has 0 saturated heterocycles. The van der Waals surface area contributed by atoms with Gasteiger partial charge < -0.3 is 4.98 Å². The van der Waals surface area contributed by atoms with Gasteiger partial charge in [-0.15, -0.1) is 11.8 Å². The van der Waals surface area contributed by atoms with E-state index in [9.17, 15) is 10.1 Å². The molecular weight excluding hydrogens is 454 g/mol. The van der Waals surface area contributed by atoms with E-state index in [2.05, 4.69) is 35.1 Å². The average molecular weight is 476 g/mol. The van der Waals surface area contributed by atoms with Crippen LogP contribution < -0.4 is 5.56 Å². The van der Waals surface area contributed by atoms with Crippen molar-refractivity contribution >= 4 is 34.3 Å². The Hall–Kier alpha value is -4.41. The van der Waals surface area contributed by atoms with Gasteiger partial charge in [0.05, 0.1) is 27.9 Å². The molecule has 2 heterocycles. The van der Waals surface area contributed by atoms with Gasteiger partial charge in [-0.2, -0.15) is 10.4 Å². The SMILES string of the molecule is CCSc1ccc(-c2nn(-c3ccccc3)cc2/C=C(\C#N)c2nc3ccccc3c(=O)[nH]2)cc1. The molecular formula is C28H21N5OS.